The zero-order valence-corrected chi connectivity index (χ0v) is 28.3. The highest BCUT2D eigenvalue weighted by Gasteiger charge is 2.38. The maximum Gasteiger partial charge on any atom is 0.500 e. The summed E-state index contributed by atoms with van der Waals surface area (Å²) in [6.45, 7) is 8.85. The molecule has 0 amide bonds. The minimum Gasteiger partial charge on any atom is -0.459 e. The fourth-order valence-corrected chi connectivity index (χ4v) is 6.76. The number of nitrogens with zero attached hydrogens (tertiary/aromatic N) is 2. The van der Waals surface area contributed by atoms with Crippen LogP contribution < -0.4 is 0 Å². The first kappa shape index (κ1) is 37.1. The van der Waals surface area contributed by atoms with Crippen LogP contribution in [0.15, 0.2) is 30.3 Å². The van der Waals surface area contributed by atoms with Gasteiger partial charge in [0.05, 0.1) is 54.2 Å². The Balaban J connectivity index is 0.00000203. The van der Waals surface area contributed by atoms with Crippen LogP contribution in [0.2, 0.25) is 6.04 Å². The molecule has 38 heavy (non-hydrogen) atoms. The van der Waals surface area contributed by atoms with Crippen molar-refractivity contribution in [2.24, 2.45) is 5.41 Å². The highest BCUT2D eigenvalue weighted by molar-refractivity contribution is 7.99. The van der Waals surface area contributed by atoms with Gasteiger partial charge in [-0.05, 0) is 43.9 Å². The van der Waals surface area contributed by atoms with E-state index >= 15 is 0 Å². The van der Waals surface area contributed by atoms with E-state index in [0.717, 1.165) is 45.9 Å². The van der Waals surface area contributed by atoms with Crippen LogP contribution in [0, 0.1) is 5.41 Å². The van der Waals surface area contributed by atoms with E-state index in [2.05, 4.69) is 80.4 Å². The number of carbonyl (C=O) groups is 1. The summed E-state index contributed by atoms with van der Waals surface area (Å²) in [4.78, 5) is 13.2. The number of rotatable bonds is 17. The fourth-order valence-electron chi connectivity index (χ4n) is 3.61. The van der Waals surface area contributed by atoms with Gasteiger partial charge >= 0.3 is 14.8 Å². The Morgan fingerprint density at radius 3 is 1.95 bits per heavy atom. The lowest BCUT2D eigenvalue weighted by Crippen LogP contribution is -2.42. The van der Waals surface area contributed by atoms with Gasteiger partial charge in [-0.2, -0.15) is 11.8 Å². The van der Waals surface area contributed by atoms with Gasteiger partial charge in [0.2, 0.25) is 0 Å². The number of thioether (sulfide) groups is 1. The SMILES string of the molecule is CC[N+](C)(C)C.CO[Si](CCCSCC(C)(CC(C)c1ccccc1)C(=O)OCC[N+](C)(C)C)(OC)OC. The Kier molecular flexibility index (Phi) is 17.2. The molecular formula is C29H58N2O5SSi+2. The van der Waals surface area contributed by atoms with E-state index in [1.807, 2.05) is 13.0 Å². The minimum absolute atomic E-state index is 0.101. The van der Waals surface area contributed by atoms with E-state index in [0.29, 0.717) is 6.61 Å². The number of quaternary nitrogens is 2. The van der Waals surface area contributed by atoms with Crippen molar-refractivity contribution in [1.29, 1.82) is 0 Å². The third kappa shape index (κ3) is 15.6. The summed E-state index contributed by atoms with van der Waals surface area (Å²) >= 11 is 1.79. The normalized spacial score (nSPS) is 14.7. The van der Waals surface area contributed by atoms with Gasteiger partial charge in [0.1, 0.15) is 13.2 Å². The zero-order valence-electron chi connectivity index (χ0n) is 26.5. The Morgan fingerprint density at radius 2 is 1.50 bits per heavy atom. The number of benzene rings is 1. The van der Waals surface area contributed by atoms with Crippen molar-refractivity contribution < 1.29 is 31.8 Å². The monoisotopic (exact) mass is 574 g/mol. The molecule has 222 valence electrons. The van der Waals surface area contributed by atoms with E-state index in [4.69, 9.17) is 18.0 Å². The van der Waals surface area contributed by atoms with Crippen LogP contribution in [0.1, 0.15) is 45.1 Å². The lowest BCUT2D eigenvalue weighted by Gasteiger charge is -2.31. The molecule has 9 heteroatoms. The van der Waals surface area contributed by atoms with E-state index in [1.54, 1.807) is 33.1 Å². The van der Waals surface area contributed by atoms with Crippen LogP contribution in [0.25, 0.3) is 0 Å². The second-order valence-corrected chi connectivity index (χ2v) is 16.5. The lowest BCUT2D eigenvalue weighted by molar-refractivity contribution is -0.870. The molecule has 0 heterocycles. The molecule has 1 rings (SSSR count). The van der Waals surface area contributed by atoms with Crippen molar-refractivity contribution in [1.82, 2.24) is 0 Å². The first-order valence-electron chi connectivity index (χ1n) is 13.6. The van der Waals surface area contributed by atoms with Crippen LogP contribution >= 0.6 is 11.8 Å². The second-order valence-electron chi connectivity index (χ2n) is 12.3. The average molecular weight is 575 g/mol. The third-order valence-corrected chi connectivity index (χ3v) is 10.9. The van der Waals surface area contributed by atoms with Gasteiger partial charge in [0.15, 0.2) is 0 Å². The van der Waals surface area contributed by atoms with Crippen LogP contribution in [-0.4, -0.2) is 119 Å². The highest BCUT2D eigenvalue weighted by atomic mass is 32.2. The summed E-state index contributed by atoms with van der Waals surface area (Å²) in [6, 6.07) is 11.1. The number of esters is 1. The van der Waals surface area contributed by atoms with Crippen molar-refractivity contribution in [3.63, 3.8) is 0 Å². The fraction of sp³-hybridized carbons (Fsp3) is 0.759. The van der Waals surface area contributed by atoms with Gasteiger partial charge in [0.25, 0.3) is 0 Å². The van der Waals surface area contributed by atoms with E-state index in [-0.39, 0.29) is 11.9 Å². The van der Waals surface area contributed by atoms with Gasteiger partial charge in [-0.25, -0.2) is 0 Å². The number of hydrogen-bond donors (Lipinski definition) is 0. The maximum atomic E-state index is 13.2. The van der Waals surface area contributed by atoms with Gasteiger partial charge in [-0.3, -0.25) is 4.79 Å². The van der Waals surface area contributed by atoms with Crippen LogP contribution in [0.3, 0.4) is 0 Å². The van der Waals surface area contributed by atoms with Crippen LogP contribution in [0.5, 0.6) is 0 Å². The molecule has 0 radical (unpaired) electrons. The van der Waals surface area contributed by atoms with E-state index in [9.17, 15) is 4.79 Å². The Bertz CT molecular complexity index is 758. The standard InChI is InChI=1S/C24H44NO5SSi.C5H14N/c1-21(22-13-10-9-11-14-22)19-24(2,23(26)30-16-15-25(3,4)5)20-31-17-12-18-32(27-6,28-7)29-8;1-5-6(2,3)4/h9-11,13-14,21H,12,15-20H2,1-8H3;5H2,1-4H3/q2*+1. The topological polar surface area (TPSA) is 54.0 Å². The Labute approximate surface area is 239 Å². The lowest BCUT2D eigenvalue weighted by atomic mass is 9.80. The van der Waals surface area contributed by atoms with Crippen LogP contribution in [0.4, 0.5) is 0 Å². The predicted octanol–water partition coefficient (Wildman–Crippen LogP) is 5.15. The molecule has 0 aliphatic rings. The second kappa shape index (κ2) is 17.7. The smallest absolute Gasteiger partial charge is 0.459 e. The summed E-state index contributed by atoms with van der Waals surface area (Å²) in [7, 11) is 15.2. The summed E-state index contributed by atoms with van der Waals surface area (Å²) in [5.41, 5.74) is 0.697. The molecule has 0 saturated heterocycles. The first-order chi connectivity index (χ1) is 17.6. The number of likely N-dealkylation sites (N-methyl/N-ethyl adjacent to an activating group) is 1. The Morgan fingerprint density at radius 1 is 0.974 bits per heavy atom. The number of ether oxygens (including phenoxy) is 1. The molecule has 1 aromatic carbocycles. The summed E-state index contributed by atoms with van der Waals surface area (Å²) in [5, 5.41) is 0. The van der Waals surface area contributed by atoms with E-state index < -0.39 is 14.2 Å². The van der Waals surface area contributed by atoms with Gasteiger partial charge < -0.3 is 27.0 Å². The molecule has 2 unspecified atom stereocenters. The number of carbonyl (C=O) groups excluding carboxylic acids is 1. The van der Waals surface area contributed by atoms with Crippen molar-refractivity contribution in [3.05, 3.63) is 35.9 Å². The van der Waals surface area contributed by atoms with E-state index in [1.165, 1.54) is 12.1 Å². The van der Waals surface area contributed by atoms with Crippen molar-refractivity contribution in [2.45, 2.75) is 45.6 Å². The maximum absolute atomic E-state index is 13.2. The molecule has 0 N–H and O–H groups in total. The molecule has 0 saturated carbocycles. The summed E-state index contributed by atoms with van der Waals surface area (Å²) < 4.78 is 24.1. The van der Waals surface area contributed by atoms with Gasteiger partial charge in [0, 0.05) is 33.1 Å². The third-order valence-electron chi connectivity index (χ3n) is 6.69. The van der Waals surface area contributed by atoms with Crippen molar-refractivity contribution >= 4 is 26.5 Å². The average Bonchev–Trinajstić information content (AvgIpc) is 2.86. The van der Waals surface area contributed by atoms with Crippen LogP contribution in [-0.2, 0) is 22.8 Å². The molecule has 0 bridgehead atoms. The minimum atomic E-state index is -2.55. The molecule has 0 spiro atoms. The molecule has 2 atom stereocenters. The quantitative estimate of drug-likeness (QED) is 0.111. The predicted molar refractivity (Wildman–Crippen MR) is 164 cm³/mol. The van der Waals surface area contributed by atoms with Gasteiger partial charge in [-0.15, -0.1) is 0 Å². The summed E-state index contributed by atoms with van der Waals surface area (Å²) in [6.07, 6.45) is 1.66. The van der Waals surface area contributed by atoms with Gasteiger partial charge in [-0.1, -0.05) is 37.3 Å². The van der Waals surface area contributed by atoms with Crippen molar-refractivity contribution in [2.75, 3.05) is 94.8 Å². The highest BCUT2D eigenvalue weighted by Crippen LogP contribution is 2.36. The molecule has 1 aromatic rings. The largest absolute Gasteiger partial charge is 0.500 e. The Hall–Kier alpha value is -0.943. The number of hydrogen-bond acceptors (Lipinski definition) is 6. The molecule has 7 nitrogen and oxygen atoms in total. The van der Waals surface area contributed by atoms with Crippen molar-refractivity contribution in [3.8, 4) is 0 Å². The zero-order chi connectivity index (χ0) is 29.5. The molecule has 0 aromatic heterocycles. The molecule has 0 aliphatic carbocycles. The first-order valence-corrected chi connectivity index (χ1v) is 16.7. The molecular weight excluding hydrogens is 516 g/mol. The molecule has 0 fully saturated rings. The summed E-state index contributed by atoms with van der Waals surface area (Å²) in [5.74, 6) is 1.79. The molecule has 0 aliphatic heterocycles.